The van der Waals surface area contributed by atoms with Crippen molar-refractivity contribution < 1.29 is 13.2 Å². The van der Waals surface area contributed by atoms with Gasteiger partial charge in [-0.05, 0) is 37.5 Å². The largest absolute Gasteiger partial charge is 0.343 e. The Morgan fingerprint density at radius 1 is 0.926 bits per heavy atom. The summed E-state index contributed by atoms with van der Waals surface area (Å²) in [5, 5.41) is 0.561. The highest BCUT2D eigenvalue weighted by molar-refractivity contribution is 7.89. The van der Waals surface area contributed by atoms with E-state index in [1.165, 1.54) is 28.9 Å². The number of piperazine rings is 1. The van der Waals surface area contributed by atoms with Gasteiger partial charge in [0.05, 0.1) is 14.9 Å². The van der Waals surface area contributed by atoms with Crippen LogP contribution in [0.2, 0.25) is 10.0 Å². The average molecular weight is 434 g/mol. The van der Waals surface area contributed by atoms with E-state index in [0.717, 1.165) is 25.9 Å². The van der Waals surface area contributed by atoms with Crippen molar-refractivity contribution in [1.29, 1.82) is 0 Å². The SMILES string of the molecule is O=C(CCN1CCN(S(=O)(=O)c2ccc(Cl)c(Cl)c2)CC1)N1CCCCC1. The van der Waals surface area contributed by atoms with E-state index in [4.69, 9.17) is 23.2 Å². The molecule has 6 nitrogen and oxygen atoms in total. The summed E-state index contributed by atoms with van der Waals surface area (Å²) < 4.78 is 27.0. The number of nitrogens with zero attached hydrogens (tertiary/aromatic N) is 3. The van der Waals surface area contributed by atoms with Crippen molar-refractivity contribution in [3.8, 4) is 0 Å². The van der Waals surface area contributed by atoms with Gasteiger partial charge in [-0.1, -0.05) is 23.2 Å². The van der Waals surface area contributed by atoms with E-state index < -0.39 is 10.0 Å². The van der Waals surface area contributed by atoms with Crippen LogP contribution in [0.5, 0.6) is 0 Å². The zero-order valence-electron chi connectivity index (χ0n) is 15.2. The van der Waals surface area contributed by atoms with Gasteiger partial charge in [0.1, 0.15) is 0 Å². The molecule has 0 unspecified atom stereocenters. The second-order valence-electron chi connectivity index (χ2n) is 7.01. The van der Waals surface area contributed by atoms with Gasteiger partial charge in [-0.25, -0.2) is 8.42 Å². The fraction of sp³-hybridized carbons (Fsp3) is 0.611. The Labute approximate surface area is 171 Å². The molecule has 3 rings (SSSR count). The molecule has 0 atom stereocenters. The Morgan fingerprint density at radius 3 is 2.22 bits per heavy atom. The molecule has 2 saturated heterocycles. The predicted molar refractivity (Wildman–Crippen MR) is 107 cm³/mol. The van der Waals surface area contributed by atoms with Crippen molar-refractivity contribution in [1.82, 2.24) is 14.1 Å². The molecule has 2 aliphatic heterocycles. The fourth-order valence-corrected chi connectivity index (χ4v) is 5.35. The van der Waals surface area contributed by atoms with Gasteiger partial charge in [0.25, 0.3) is 0 Å². The number of halogens is 2. The van der Waals surface area contributed by atoms with Gasteiger partial charge >= 0.3 is 0 Å². The lowest BCUT2D eigenvalue weighted by Crippen LogP contribution is -2.49. The monoisotopic (exact) mass is 433 g/mol. The zero-order valence-corrected chi connectivity index (χ0v) is 17.6. The number of hydrogen-bond acceptors (Lipinski definition) is 4. The highest BCUT2D eigenvalue weighted by Crippen LogP contribution is 2.27. The van der Waals surface area contributed by atoms with Gasteiger partial charge in [-0.3, -0.25) is 4.79 Å². The number of rotatable bonds is 5. The van der Waals surface area contributed by atoms with E-state index in [9.17, 15) is 13.2 Å². The van der Waals surface area contributed by atoms with Crippen LogP contribution in [-0.4, -0.2) is 74.2 Å². The quantitative estimate of drug-likeness (QED) is 0.715. The zero-order chi connectivity index (χ0) is 19.4. The Kier molecular flexibility index (Phi) is 7.03. The maximum Gasteiger partial charge on any atom is 0.243 e. The minimum absolute atomic E-state index is 0.158. The van der Waals surface area contributed by atoms with Crippen molar-refractivity contribution in [2.45, 2.75) is 30.6 Å². The third-order valence-electron chi connectivity index (χ3n) is 5.21. The molecular formula is C18H25Cl2N3O3S. The normalized spacial score (nSPS) is 20.0. The molecule has 0 bridgehead atoms. The molecule has 150 valence electrons. The van der Waals surface area contributed by atoms with Gasteiger partial charge in [0.15, 0.2) is 0 Å². The molecule has 0 N–H and O–H groups in total. The smallest absolute Gasteiger partial charge is 0.243 e. The molecule has 0 radical (unpaired) electrons. The van der Waals surface area contributed by atoms with Gasteiger partial charge < -0.3 is 9.80 Å². The van der Waals surface area contributed by atoms with Crippen molar-refractivity contribution in [3.63, 3.8) is 0 Å². The fourth-order valence-electron chi connectivity index (χ4n) is 3.54. The van der Waals surface area contributed by atoms with Crippen LogP contribution in [0.1, 0.15) is 25.7 Å². The summed E-state index contributed by atoms with van der Waals surface area (Å²) in [4.78, 5) is 16.5. The molecule has 2 heterocycles. The molecule has 2 aliphatic rings. The predicted octanol–water partition coefficient (Wildman–Crippen LogP) is 2.70. The number of carbonyl (C=O) groups is 1. The number of sulfonamides is 1. The molecule has 0 aromatic heterocycles. The standard InChI is InChI=1S/C18H25Cl2N3O3S/c19-16-5-4-15(14-17(16)20)27(25,26)23-12-10-21(11-13-23)9-6-18(24)22-7-2-1-3-8-22/h4-5,14H,1-3,6-13H2. The Hall–Kier alpha value is -0.860. The number of hydrogen-bond donors (Lipinski definition) is 0. The van der Waals surface area contributed by atoms with Crippen molar-refractivity contribution in [2.75, 3.05) is 45.8 Å². The number of likely N-dealkylation sites (tertiary alicyclic amines) is 1. The van der Waals surface area contributed by atoms with Crippen molar-refractivity contribution in [2.24, 2.45) is 0 Å². The van der Waals surface area contributed by atoms with Crippen LogP contribution in [0, 0.1) is 0 Å². The summed E-state index contributed by atoms with van der Waals surface area (Å²) in [6.45, 7) is 4.46. The molecule has 1 aromatic rings. The first-order valence-corrected chi connectivity index (χ1v) is 11.5. The van der Waals surface area contributed by atoms with E-state index in [1.807, 2.05) is 4.90 Å². The van der Waals surface area contributed by atoms with Crippen LogP contribution in [0.3, 0.4) is 0 Å². The van der Waals surface area contributed by atoms with Crippen LogP contribution in [0.4, 0.5) is 0 Å². The van der Waals surface area contributed by atoms with Crippen LogP contribution in [-0.2, 0) is 14.8 Å². The second kappa shape index (κ2) is 9.09. The van der Waals surface area contributed by atoms with Crippen LogP contribution < -0.4 is 0 Å². The Bertz CT molecular complexity index is 774. The maximum absolute atomic E-state index is 12.8. The average Bonchev–Trinajstić information content (AvgIpc) is 2.69. The first-order valence-electron chi connectivity index (χ1n) is 9.33. The van der Waals surface area contributed by atoms with Crippen molar-refractivity contribution in [3.05, 3.63) is 28.2 Å². The molecule has 9 heteroatoms. The van der Waals surface area contributed by atoms with E-state index in [1.54, 1.807) is 0 Å². The lowest BCUT2D eigenvalue weighted by atomic mass is 10.1. The van der Waals surface area contributed by atoms with Crippen molar-refractivity contribution >= 4 is 39.1 Å². The number of carbonyl (C=O) groups excluding carboxylic acids is 1. The highest BCUT2D eigenvalue weighted by Gasteiger charge is 2.29. The lowest BCUT2D eigenvalue weighted by Gasteiger charge is -2.34. The van der Waals surface area contributed by atoms with Gasteiger partial charge in [0, 0.05) is 52.2 Å². The van der Waals surface area contributed by atoms with E-state index in [0.29, 0.717) is 44.2 Å². The van der Waals surface area contributed by atoms with Gasteiger partial charge in [-0.2, -0.15) is 4.31 Å². The molecule has 0 spiro atoms. The third kappa shape index (κ3) is 5.15. The van der Waals surface area contributed by atoms with Crippen LogP contribution >= 0.6 is 23.2 Å². The molecule has 0 saturated carbocycles. The number of benzene rings is 1. The summed E-state index contributed by atoms with van der Waals surface area (Å²) in [6, 6.07) is 4.37. The molecule has 1 amide bonds. The maximum atomic E-state index is 12.8. The minimum Gasteiger partial charge on any atom is -0.343 e. The van der Waals surface area contributed by atoms with Gasteiger partial charge in [-0.15, -0.1) is 0 Å². The van der Waals surface area contributed by atoms with E-state index in [-0.39, 0.29) is 15.8 Å². The molecule has 1 aromatic carbocycles. The number of amides is 1. The van der Waals surface area contributed by atoms with Crippen LogP contribution in [0.25, 0.3) is 0 Å². The van der Waals surface area contributed by atoms with E-state index >= 15 is 0 Å². The lowest BCUT2D eigenvalue weighted by molar-refractivity contribution is -0.132. The molecule has 2 fully saturated rings. The summed E-state index contributed by atoms with van der Waals surface area (Å²) in [7, 11) is -3.58. The van der Waals surface area contributed by atoms with Gasteiger partial charge in [0.2, 0.25) is 15.9 Å². The molecule has 27 heavy (non-hydrogen) atoms. The topological polar surface area (TPSA) is 60.9 Å². The van der Waals surface area contributed by atoms with E-state index in [2.05, 4.69) is 4.90 Å². The first kappa shape index (κ1) is 20.9. The Balaban J connectivity index is 1.50. The number of piperidine rings is 1. The molecule has 0 aliphatic carbocycles. The minimum atomic E-state index is -3.58. The summed E-state index contributed by atoms with van der Waals surface area (Å²) >= 11 is 11.8. The van der Waals surface area contributed by atoms with Crippen LogP contribution in [0.15, 0.2) is 23.1 Å². The Morgan fingerprint density at radius 2 is 1.59 bits per heavy atom. The first-order chi connectivity index (χ1) is 12.9. The molecular weight excluding hydrogens is 409 g/mol. The summed E-state index contributed by atoms with van der Waals surface area (Å²) in [5.41, 5.74) is 0. The summed E-state index contributed by atoms with van der Waals surface area (Å²) in [6.07, 6.45) is 3.90. The highest BCUT2D eigenvalue weighted by atomic mass is 35.5. The second-order valence-corrected chi connectivity index (χ2v) is 9.77. The third-order valence-corrected chi connectivity index (χ3v) is 7.84. The summed E-state index contributed by atoms with van der Waals surface area (Å²) in [5.74, 6) is 0.209.